The van der Waals surface area contributed by atoms with Gasteiger partial charge in [0.25, 0.3) is 0 Å². The maximum atomic E-state index is 12.5. The van der Waals surface area contributed by atoms with Crippen molar-refractivity contribution in [3.05, 3.63) is 29.3 Å². The molecule has 0 radical (unpaired) electrons. The molecule has 0 aliphatic heterocycles. The molecule has 1 aromatic carbocycles. The van der Waals surface area contributed by atoms with Gasteiger partial charge in [0, 0.05) is 12.1 Å². The molecule has 0 saturated carbocycles. The Morgan fingerprint density at radius 2 is 2.06 bits per heavy atom. The number of thiol groups is 1. The second-order valence-corrected chi connectivity index (χ2v) is 4.00. The summed E-state index contributed by atoms with van der Waals surface area (Å²) in [5, 5.41) is 2.44. The van der Waals surface area contributed by atoms with Crippen LogP contribution in [-0.4, -0.2) is 11.7 Å². The number of halogens is 3. The zero-order valence-corrected chi connectivity index (χ0v) is 10.0. The zero-order valence-electron chi connectivity index (χ0n) is 9.14. The smallest absolute Gasteiger partial charge is 0.326 e. The van der Waals surface area contributed by atoms with Gasteiger partial charge in [-0.2, -0.15) is 25.8 Å². The highest BCUT2D eigenvalue weighted by Crippen LogP contribution is 2.32. The quantitative estimate of drug-likeness (QED) is 0.805. The summed E-state index contributed by atoms with van der Waals surface area (Å²) in [6.07, 6.45) is -4.24. The third-order valence-corrected chi connectivity index (χ3v) is 2.40. The maximum absolute atomic E-state index is 12.5. The van der Waals surface area contributed by atoms with Crippen LogP contribution in [0.5, 0.6) is 0 Å². The molecule has 0 aliphatic rings. The molecular weight excluding hydrogens is 251 g/mol. The van der Waals surface area contributed by atoms with E-state index in [0.717, 1.165) is 12.1 Å². The number of nitrogens with one attached hydrogen (secondary N) is 1. The molecule has 1 amide bonds. The maximum Gasteiger partial charge on any atom is 0.416 e. The Balaban J connectivity index is 2.95. The number of benzene rings is 1. The van der Waals surface area contributed by atoms with E-state index in [2.05, 4.69) is 17.9 Å². The highest BCUT2D eigenvalue weighted by molar-refractivity contribution is 7.80. The van der Waals surface area contributed by atoms with Crippen LogP contribution in [-0.2, 0) is 11.0 Å². The standard InChI is InChI=1S/C11H12F3NOS/c1-7-2-3-8(11(12,13)14)6-9(7)15-10(16)4-5-17/h2-3,6,17H,4-5H2,1H3,(H,15,16). The van der Waals surface area contributed by atoms with Crippen molar-refractivity contribution in [1.29, 1.82) is 0 Å². The van der Waals surface area contributed by atoms with Gasteiger partial charge < -0.3 is 5.32 Å². The van der Waals surface area contributed by atoms with E-state index in [-0.39, 0.29) is 18.0 Å². The number of carbonyl (C=O) groups is 1. The van der Waals surface area contributed by atoms with Crippen LogP contribution >= 0.6 is 12.6 Å². The summed E-state index contributed by atoms with van der Waals surface area (Å²) in [6, 6.07) is 3.26. The number of anilines is 1. The molecule has 0 spiro atoms. The van der Waals surface area contributed by atoms with Crippen LogP contribution in [0.25, 0.3) is 0 Å². The first kappa shape index (κ1) is 13.9. The van der Waals surface area contributed by atoms with E-state index in [1.54, 1.807) is 6.92 Å². The molecule has 1 rings (SSSR count). The van der Waals surface area contributed by atoms with Crippen molar-refractivity contribution in [2.24, 2.45) is 0 Å². The number of alkyl halides is 3. The van der Waals surface area contributed by atoms with Crippen LogP contribution in [0.4, 0.5) is 18.9 Å². The third kappa shape index (κ3) is 3.96. The fourth-order valence-electron chi connectivity index (χ4n) is 1.25. The average Bonchev–Trinajstić information content (AvgIpc) is 2.20. The lowest BCUT2D eigenvalue weighted by atomic mass is 10.1. The van der Waals surface area contributed by atoms with Crippen molar-refractivity contribution in [2.75, 3.05) is 11.1 Å². The Bertz CT molecular complexity index is 418. The van der Waals surface area contributed by atoms with Gasteiger partial charge in [-0.05, 0) is 30.4 Å². The molecule has 0 atom stereocenters. The first-order valence-electron chi connectivity index (χ1n) is 4.93. The molecule has 0 unspecified atom stereocenters. The molecule has 0 aromatic heterocycles. The Hall–Kier alpha value is -1.17. The number of hydrogen-bond donors (Lipinski definition) is 2. The lowest BCUT2D eigenvalue weighted by Gasteiger charge is -2.12. The number of aryl methyl sites for hydroxylation is 1. The fraction of sp³-hybridized carbons (Fsp3) is 0.364. The highest BCUT2D eigenvalue weighted by Gasteiger charge is 2.30. The van der Waals surface area contributed by atoms with Crippen molar-refractivity contribution in [3.63, 3.8) is 0 Å². The van der Waals surface area contributed by atoms with Crippen molar-refractivity contribution in [3.8, 4) is 0 Å². The highest BCUT2D eigenvalue weighted by atomic mass is 32.1. The Morgan fingerprint density at radius 1 is 1.41 bits per heavy atom. The zero-order chi connectivity index (χ0) is 13.1. The predicted molar refractivity (Wildman–Crippen MR) is 63.3 cm³/mol. The molecule has 0 aliphatic carbocycles. The van der Waals surface area contributed by atoms with Gasteiger partial charge in [-0.15, -0.1) is 0 Å². The molecule has 0 fully saturated rings. The summed E-state index contributed by atoms with van der Waals surface area (Å²) in [4.78, 5) is 11.3. The molecular formula is C11H12F3NOS. The summed E-state index contributed by atoms with van der Waals surface area (Å²) >= 11 is 3.88. The van der Waals surface area contributed by atoms with Gasteiger partial charge in [0.15, 0.2) is 0 Å². The molecule has 2 nitrogen and oxygen atoms in total. The Kier molecular flexibility index (Phi) is 4.45. The fourth-order valence-corrected chi connectivity index (χ4v) is 1.45. The van der Waals surface area contributed by atoms with E-state index < -0.39 is 11.7 Å². The summed E-state index contributed by atoms with van der Waals surface area (Å²) < 4.78 is 37.4. The predicted octanol–water partition coefficient (Wildman–Crippen LogP) is 3.27. The third-order valence-electron chi connectivity index (χ3n) is 2.18. The van der Waals surface area contributed by atoms with Crippen molar-refractivity contribution >= 4 is 24.2 Å². The van der Waals surface area contributed by atoms with Crippen molar-refractivity contribution < 1.29 is 18.0 Å². The van der Waals surface area contributed by atoms with E-state index in [1.165, 1.54) is 6.07 Å². The molecule has 1 N–H and O–H groups in total. The van der Waals surface area contributed by atoms with Gasteiger partial charge in [0.2, 0.25) is 5.91 Å². The van der Waals surface area contributed by atoms with Gasteiger partial charge in [-0.3, -0.25) is 4.79 Å². The molecule has 1 aromatic rings. The van der Waals surface area contributed by atoms with Crippen molar-refractivity contribution in [2.45, 2.75) is 19.5 Å². The summed E-state index contributed by atoms with van der Waals surface area (Å²) in [6.45, 7) is 1.64. The number of hydrogen-bond acceptors (Lipinski definition) is 2. The Labute approximate surface area is 103 Å². The van der Waals surface area contributed by atoms with Gasteiger partial charge in [0.1, 0.15) is 0 Å². The first-order chi connectivity index (χ1) is 7.84. The van der Waals surface area contributed by atoms with Crippen LogP contribution < -0.4 is 5.32 Å². The minimum Gasteiger partial charge on any atom is -0.326 e. The molecule has 0 saturated heterocycles. The van der Waals surface area contributed by atoms with E-state index in [4.69, 9.17) is 0 Å². The van der Waals surface area contributed by atoms with Gasteiger partial charge in [0.05, 0.1) is 5.56 Å². The average molecular weight is 263 g/mol. The van der Waals surface area contributed by atoms with E-state index >= 15 is 0 Å². The molecule has 17 heavy (non-hydrogen) atoms. The van der Waals surface area contributed by atoms with Crippen LogP contribution in [0.2, 0.25) is 0 Å². The lowest BCUT2D eigenvalue weighted by molar-refractivity contribution is -0.137. The number of amides is 1. The number of rotatable bonds is 3. The molecule has 0 heterocycles. The second kappa shape index (κ2) is 5.44. The molecule has 6 heteroatoms. The topological polar surface area (TPSA) is 29.1 Å². The number of carbonyl (C=O) groups excluding carboxylic acids is 1. The minimum atomic E-state index is -4.41. The summed E-state index contributed by atoms with van der Waals surface area (Å²) in [7, 11) is 0. The lowest BCUT2D eigenvalue weighted by Crippen LogP contribution is -2.14. The largest absolute Gasteiger partial charge is 0.416 e. The summed E-state index contributed by atoms with van der Waals surface area (Å²) in [5.74, 6) is 0.00606. The second-order valence-electron chi connectivity index (χ2n) is 3.55. The van der Waals surface area contributed by atoms with E-state index in [0.29, 0.717) is 11.3 Å². The monoisotopic (exact) mass is 263 g/mol. The Morgan fingerprint density at radius 3 is 2.59 bits per heavy atom. The van der Waals surface area contributed by atoms with Crippen molar-refractivity contribution in [1.82, 2.24) is 0 Å². The minimum absolute atomic E-state index is 0.165. The molecule has 94 valence electrons. The van der Waals surface area contributed by atoms with Gasteiger partial charge in [-0.1, -0.05) is 6.07 Å². The van der Waals surface area contributed by atoms with Crippen LogP contribution in [0, 0.1) is 6.92 Å². The van der Waals surface area contributed by atoms with Crippen LogP contribution in [0.15, 0.2) is 18.2 Å². The van der Waals surface area contributed by atoms with Crippen LogP contribution in [0.3, 0.4) is 0 Å². The normalized spacial score (nSPS) is 11.4. The van der Waals surface area contributed by atoms with Gasteiger partial charge >= 0.3 is 6.18 Å². The SMILES string of the molecule is Cc1ccc(C(F)(F)F)cc1NC(=O)CCS. The van der Waals surface area contributed by atoms with E-state index in [1.807, 2.05) is 0 Å². The van der Waals surface area contributed by atoms with Crippen LogP contribution in [0.1, 0.15) is 17.5 Å². The summed E-state index contributed by atoms with van der Waals surface area (Å²) in [5.41, 5.74) is 0.00129. The van der Waals surface area contributed by atoms with E-state index in [9.17, 15) is 18.0 Å². The first-order valence-corrected chi connectivity index (χ1v) is 5.56. The molecule has 0 bridgehead atoms. The van der Waals surface area contributed by atoms with Gasteiger partial charge in [-0.25, -0.2) is 0 Å².